The largest absolute Gasteiger partial charge is 0.480 e. The standard InChI is InChI=1S/C14H19ClN2O3/c1-3-12(10-4-6-11(15)7-5-10)16-13(18)8-17(2)9-14(19)20/h4-7,12H,3,8-9H2,1-2H3,(H,16,18)(H,19,20). The highest BCUT2D eigenvalue weighted by Gasteiger charge is 2.15. The molecule has 0 fully saturated rings. The van der Waals surface area contributed by atoms with E-state index < -0.39 is 5.97 Å². The van der Waals surface area contributed by atoms with Crippen LogP contribution in [0.2, 0.25) is 5.02 Å². The number of hydrogen-bond acceptors (Lipinski definition) is 3. The molecule has 110 valence electrons. The van der Waals surface area contributed by atoms with Gasteiger partial charge in [-0.3, -0.25) is 14.5 Å². The average molecular weight is 299 g/mol. The summed E-state index contributed by atoms with van der Waals surface area (Å²) < 4.78 is 0. The van der Waals surface area contributed by atoms with Crippen LogP contribution in [0.1, 0.15) is 24.9 Å². The zero-order valence-electron chi connectivity index (χ0n) is 11.6. The fourth-order valence-corrected chi connectivity index (χ4v) is 2.01. The Morgan fingerprint density at radius 3 is 2.40 bits per heavy atom. The van der Waals surface area contributed by atoms with Gasteiger partial charge in [0.2, 0.25) is 5.91 Å². The molecule has 1 aromatic rings. The fourth-order valence-electron chi connectivity index (χ4n) is 1.89. The number of halogens is 1. The van der Waals surface area contributed by atoms with Crippen LogP contribution in [0.5, 0.6) is 0 Å². The third kappa shape index (κ3) is 5.59. The van der Waals surface area contributed by atoms with Crippen LogP contribution in [-0.4, -0.2) is 42.0 Å². The maximum Gasteiger partial charge on any atom is 0.317 e. The van der Waals surface area contributed by atoms with E-state index in [1.165, 1.54) is 4.90 Å². The van der Waals surface area contributed by atoms with Crippen molar-refractivity contribution in [3.63, 3.8) is 0 Å². The highest BCUT2D eigenvalue weighted by molar-refractivity contribution is 6.30. The van der Waals surface area contributed by atoms with Crippen molar-refractivity contribution in [2.24, 2.45) is 0 Å². The highest BCUT2D eigenvalue weighted by atomic mass is 35.5. The van der Waals surface area contributed by atoms with Gasteiger partial charge in [0.15, 0.2) is 0 Å². The van der Waals surface area contributed by atoms with Crippen molar-refractivity contribution in [1.29, 1.82) is 0 Å². The lowest BCUT2D eigenvalue weighted by Gasteiger charge is -2.20. The van der Waals surface area contributed by atoms with E-state index in [1.54, 1.807) is 19.2 Å². The molecule has 0 aliphatic carbocycles. The number of rotatable bonds is 7. The van der Waals surface area contributed by atoms with Gasteiger partial charge in [0.25, 0.3) is 0 Å². The van der Waals surface area contributed by atoms with Gasteiger partial charge in [-0.1, -0.05) is 30.7 Å². The predicted molar refractivity (Wildman–Crippen MR) is 77.8 cm³/mol. The molecule has 0 heterocycles. The number of aliphatic carboxylic acids is 1. The summed E-state index contributed by atoms with van der Waals surface area (Å²) in [5.41, 5.74) is 0.978. The predicted octanol–water partition coefficient (Wildman–Crippen LogP) is 1.92. The summed E-state index contributed by atoms with van der Waals surface area (Å²) in [6, 6.07) is 7.21. The molecule has 1 atom stereocenters. The first-order valence-electron chi connectivity index (χ1n) is 6.37. The maximum atomic E-state index is 11.9. The minimum atomic E-state index is -0.954. The third-order valence-corrected chi connectivity index (χ3v) is 3.09. The van der Waals surface area contributed by atoms with Crippen LogP contribution in [0.3, 0.4) is 0 Å². The number of amides is 1. The minimum Gasteiger partial charge on any atom is -0.480 e. The molecule has 1 aromatic carbocycles. The second kappa shape index (κ2) is 7.87. The number of carbonyl (C=O) groups excluding carboxylic acids is 1. The number of carboxylic acid groups (broad SMARTS) is 1. The van der Waals surface area contributed by atoms with Gasteiger partial charge in [-0.2, -0.15) is 0 Å². The summed E-state index contributed by atoms with van der Waals surface area (Å²) in [7, 11) is 1.59. The third-order valence-electron chi connectivity index (χ3n) is 2.83. The van der Waals surface area contributed by atoms with Gasteiger partial charge in [-0.05, 0) is 31.2 Å². The Hall–Kier alpha value is -1.59. The zero-order chi connectivity index (χ0) is 15.1. The monoisotopic (exact) mass is 298 g/mol. The Balaban J connectivity index is 2.57. The Morgan fingerprint density at radius 1 is 1.30 bits per heavy atom. The van der Waals surface area contributed by atoms with E-state index in [9.17, 15) is 9.59 Å². The summed E-state index contributed by atoms with van der Waals surface area (Å²) in [4.78, 5) is 23.9. The first-order chi connectivity index (χ1) is 9.42. The van der Waals surface area contributed by atoms with Crippen molar-refractivity contribution in [3.05, 3.63) is 34.9 Å². The van der Waals surface area contributed by atoms with Crippen LogP contribution < -0.4 is 5.32 Å². The lowest BCUT2D eigenvalue weighted by atomic mass is 10.0. The molecule has 2 N–H and O–H groups in total. The number of nitrogens with zero attached hydrogens (tertiary/aromatic N) is 1. The molecule has 0 spiro atoms. The molecule has 0 aromatic heterocycles. The molecular formula is C14H19ClN2O3. The Bertz CT molecular complexity index is 462. The van der Waals surface area contributed by atoms with Crippen LogP contribution in [-0.2, 0) is 9.59 Å². The van der Waals surface area contributed by atoms with Crippen molar-refractivity contribution >= 4 is 23.5 Å². The number of carboxylic acids is 1. The summed E-state index contributed by atoms with van der Waals surface area (Å²) >= 11 is 5.83. The average Bonchev–Trinajstić information content (AvgIpc) is 2.36. The molecule has 0 bridgehead atoms. The Labute approximate surface area is 123 Å². The van der Waals surface area contributed by atoms with Crippen molar-refractivity contribution in [2.45, 2.75) is 19.4 Å². The second-order valence-electron chi connectivity index (χ2n) is 4.65. The van der Waals surface area contributed by atoms with E-state index in [-0.39, 0.29) is 25.0 Å². The van der Waals surface area contributed by atoms with Gasteiger partial charge in [-0.15, -0.1) is 0 Å². The molecule has 0 aliphatic rings. The number of hydrogen-bond donors (Lipinski definition) is 2. The minimum absolute atomic E-state index is 0.0520. The van der Waals surface area contributed by atoms with Crippen molar-refractivity contribution in [3.8, 4) is 0 Å². The van der Waals surface area contributed by atoms with Crippen LogP contribution in [0.25, 0.3) is 0 Å². The van der Waals surface area contributed by atoms with E-state index >= 15 is 0 Å². The summed E-state index contributed by atoms with van der Waals surface area (Å²) in [5.74, 6) is -1.15. The molecule has 0 saturated carbocycles. The smallest absolute Gasteiger partial charge is 0.317 e. The fraction of sp³-hybridized carbons (Fsp3) is 0.429. The van der Waals surface area contributed by atoms with Crippen molar-refractivity contribution in [1.82, 2.24) is 10.2 Å². The van der Waals surface area contributed by atoms with Crippen LogP contribution >= 0.6 is 11.6 Å². The normalized spacial score (nSPS) is 12.2. The first-order valence-corrected chi connectivity index (χ1v) is 6.75. The SMILES string of the molecule is CCC(NC(=O)CN(C)CC(=O)O)c1ccc(Cl)cc1. The number of carbonyl (C=O) groups is 2. The molecule has 6 heteroatoms. The number of likely N-dealkylation sites (N-methyl/N-ethyl adjacent to an activating group) is 1. The lowest BCUT2D eigenvalue weighted by Crippen LogP contribution is -2.39. The quantitative estimate of drug-likeness (QED) is 0.807. The van der Waals surface area contributed by atoms with Gasteiger partial charge in [0.1, 0.15) is 0 Å². The van der Waals surface area contributed by atoms with Gasteiger partial charge >= 0.3 is 5.97 Å². The highest BCUT2D eigenvalue weighted by Crippen LogP contribution is 2.18. The van der Waals surface area contributed by atoms with E-state index in [0.717, 1.165) is 12.0 Å². The van der Waals surface area contributed by atoms with E-state index in [0.29, 0.717) is 5.02 Å². The van der Waals surface area contributed by atoms with Gasteiger partial charge in [0.05, 0.1) is 19.1 Å². The molecular weight excluding hydrogens is 280 g/mol. The van der Waals surface area contributed by atoms with E-state index in [4.69, 9.17) is 16.7 Å². The van der Waals surface area contributed by atoms with Crippen LogP contribution in [0, 0.1) is 0 Å². The molecule has 1 rings (SSSR count). The summed E-state index contributed by atoms with van der Waals surface area (Å²) in [6.07, 6.45) is 0.746. The van der Waals surface area contributed by atoms with E-state index in [1.807, 2.05) is 19.1 Å². The van der Waals surface area contributed by atoms with Crippen LogP contribution in [0.15, 0.2) is 24.3 Å². The molecule has 0 aliphatic heterocycles. The van der Waals surface area contributed by atoms with Crippen molar-refractivity contribution in [2.75, 3.05) is 20.1 Å². The number of benzene rings is 1. The van der Waals surface area contributed by atoms with Gasteiger partial charge in [-0.25, -0.2) is 0 Å². The lowest BCUT2D eigenvalue weighted by molar-refractivity contribution is -0.138. The van der Waals surface area contributed by atoms with E-state index in [2.05, 4.69) is 5.32 Å². The van der Waals surface area contributed by atoms with Crippen LogP contribution in [0.4, 0.5) is 0 Å². The molecule has 20 heavy (non-hydrogen) atoms. The maximum absolute atomic E-state index is 11.9. The molecule has 0 saturated heterocycles. The first kappa shape index (κ1) is 16.5. The van der Waals surface area contributed by atoms with Gasteiger partial charge in [0, 0.05) is 5.02 Å². The zero-order valence-corrected chi connectivity index (χ0v) is 12.4. The Kier molecular flexibility index (Phi) is 6.48. The molecule has 0 radical (unpaired) electrons. The van der Waals surface area contributed by atoms with Crippen molar-refractivity contribution < 1.29 is 14.7 Å². The topological polar surface area (TPSA) is 69.6 Å². The molecule has 5 nitrogen and oxygen atoms in total. The Morgan fingerprint density at radius 2 is 1.90 bits per heavy atom. The number of nitrogens with one attached hydrogen (secondary N) is 1. The molecule has 1 unspecified atom stereocenters. The summed E-state index contributed by atoms with van der Waals surface area (Å²) in [6.45, 7) is 1.86. The van der Waals surface area contributed by atoms with Gasteiger partial charge < -0.3 is 10.4 Å². The second-order valence-corrected chi connectivity index (χ2v) is 5.08. The molecule has 1 amide bonds. The summed E-state index contributed by atoms with van der Waals surface area (Å²) in [5, 5.41) is 12.2.